The average Bonchev–Trinajstić information content (AvgIpc) is 1.84. The first-order chi connectivity index (χ1) is 9.15. The molecule has 0 aliphatic rings. The number of Topliss-reactive ketones (excluding diaryl/α,β-unsaturated/α-hetero) is 1. The van der Waals surface area contributed by atoms with Crippen LogP contribution in [0.3, 0.4) is 0 Å². The Balaban J connectivity index is -0.000000266. The van der Waals surface area contributed by atoms with Crippen LogP contribution in [0.15, 0.2) is 0 Å². The van der Waals surface area contributed by atoms with Gasteiger partial charge in [-0.1, -0.05) is 0 Å². The van der Waals surface area contributed by atoms with Crippen molar-refractivity contribution in [3.63, 3.8) is 0 Å². The van der Waals surface area contributed by atoms with E-state index in [1.54, 1.807) is 0 Å². The molecule has 0 aromatic rings. The Morgan fingerprint density at radius 3 is 0.591 bits per heavy atom. The van der Waals surface area contributed by atoms with Crippen molar-refractivity contribution in [2.45, 2.75) is 119 Å². The van der Waals surface area contributed by atoms with Gasteiger partial charge in [-0.25, -0.2) is 0 Å². The van der Waals surface area contributed by atoms with Gasteiger partial charge in [0.15, 0.2) is 0 Å². The van der Waals surface area contributed by atoms with E-state index in [-0.39, 0.29) is 28.2 Å². The van der Waals surface area contributed by atoms with Crippen molar-refractivity contribution in [3.8, 4) is 0 Å². The average molecular weight is 319 g/mol. The molecule has 0 aromatic heterocycles. The van der Waals surface area contributed by atoms with Crippen molar-refractivity contribution < 1.29 is 14.3 Å². The molecule has 0 unspecified atom stereocenters. The Bertz CT molecular complexity index is 237. The van der Waals surface area contributed by atoms with Gasteiger partial charge in [-0.15, -0.1) is 0 Å². The maximum absolute atomic E-state index is 9.44. The monoisotopic (exact) mass is 318 g/mol. The van der Waals surface area contributed by atoms with E-state index in [0.29, 0.717) is 0 Å². The molecule has 0 rings (SSSR count). The van der Waals surface area contributed by atoms with Crippen LogP contribution in [-0.4, -0.2) is 28.2 Å². The highest BCUT2D eigenvalue weighted by molar-refractivity contribution is 5.72. The molecule has 0 aliphatic carbocycles. The molecule has 0 saturated heterocycles. The van der Waals surface area contributed by atoms with E-state index in [1.807, 2.05) is 0 Å². The summed E-state index contributed by atoms with van der Waals surface area (Å²) in [7, 11) is 0. The highest BCUT2D eigenvalue weighted by Crippen LogP contribution is 2.18. The second kappa shape index (κ2) is 9.67. The van der Waals surface area contributed by atoms with E-state index in [0.717, 1.165) is 0 Å². The Labute approximate surface area is 140 Å². The molecule has 0 fully saturated rings. The molecule has 0 spiro atoms. The Morgan fingerprint density at radius 1 is 0.500 bits per heavy atom. The van der Waals surface area contributed by atoms with Crippen molar-refractivity contribution in [1.29, 1.82) is 0 Å². The largest absolute Gasteiger partial charge is 0.370 e. The van der Waals surface area contributed by atoms with Crippen LogP contribution in [-0.2, 0) is 14.3 Å². The van der Waals surface area contributed by atoms with Crippen LogP contribution in [0.1, 0.15) is 96.9 Å². The van der Waals surface area contributed by atoms with Gasteiger partial charge in [0.1, 0.15) is 5.78 Å². The van der Waals surface area contributed by atoms with Gasteiger partial charge in [0.05, 0.1) is 22.4 Å². The summed E-state index contributed by atoms with van der Waals surface area (Å²) in [4.78, 5) is 9.44. The fourth-order valence-corrected chi connectivity index (χ4v) is 1.84. The predicted molar refractivity (Wildman–Crippen MR) is 97.5 cm³/mol. The summed E-state index contributed by atoms with van der Waals surface area (Å²) in [6, 6.07) is 0. The van der Waals surface area contributed by atoms with E-state index < -0.39 is 0 Å². The molecule has 0 heterocycles. The zero-order valence-electron chi connectivity index (χ0n) is 17.7. The maximum Gasteiger partial charge on any atom is 0.126 e. The zero-order chi connectivity index (χ0) is 19.0. The van der Waals surface area contributed by atoms with Crippen molar-refractivity contribution in [1.82, 2.24) is 0 Å². The number of carbonyl (C=O) groups excluding carboxylic acids is 1. The lowest BCUT2D eigenvalue weighted by Crippen LogP contribution is -2.31. The van der Waals surface area contributed by atoms with Gasteiger partial charge in [-0.3, -0.25) is 0 Å². The van der Waals surface area contributed by atoms with Crippen molar-refractivity contribution in [2.75, 3.05) is 0 Å². The highest BCUT2D eigenvalue weighted by Gasteiger charge is 2.20. The van der Waals surface area contributed by atoms with Gasteiger partial charge < -0.3 is 14.3 Å². The van der Waals surface area contributed by atoms with Crippen LogP contribution in [0.25, 0.3) is 0 Å². The summed E-state index contributed by atoms with van der Waals surface area (Å²) in [6.45, 7) is 27.9. The van der Waals surface area contributed by atoms with Crippen molar-refractivity contribution in [3.05, 3.63) is 0 Å². The lowest BCUT2D eigenvalue weighted by Gasteiger charge is -2.30. The van der Waals surface area contributed by atoms with Gasteiger partial charge in [0.25, 0.3) is 0 Å². The molecule has 0 bridgehead atoms. The Hall–Kier alpha value is -0.410. The number of carbonyl (C=O) groups is 1. The van der Waals surface area contributed by atoms with Gasteiger partial charge in [0.2, 0.25) is 0 Å². The molecule has 0 aliphatic heterocycles. The third kappa shape index (κ3) is 50.4. The van der Waals surface area contributed by atoms with Crippen LogP contribution in [0, 0.1) is 0 Å². The van der Waals surface area contributed by atoms with Crippen molar-refractivity contribution >= 4 is 5.78 Å². The predicted octanol–water partition coefficient (Wildman–Crippen LogP) is 5.80. The molecular formula is C19H42O3. The third-order valence-electron chi connectivity index (χ3n) is 1.22. The molecule has 3 nitrogen and oxygen atoms in total. The first-order valence-electron chi connectivity index (χ1n) is 8.02. The Kier molecular flexibility index (Phi) is 11.6. The first kappa shape index (κ1) is 26.5. The summed E-state index contributed by atoms with van der Waals surface area (Å²) < 4.78 is 11.2. The minimum absolute atomic E-state index is 0.0156. The molecule has 0 atom stereocenters. The molecule has 0 saturated carbocycles. The van der Waals surface area contributed by atoms with Crippen LogP contribution >= 0.6 is 0 Å². The van der Waals surface area contributed by atoms with Gasteiger partial charge in [-0.2, -0.15) is 0 Å². The number of ether oxygens (including phenoxy) is 2. The number of ketones is 1. The summed E-state index contributed by atoms with van der Waals surface area (Å²) in [5.41, 5.74) is -0.0625. The normalized spacial score (nSPS) is 12.6. The van der Waals surface area contributed by atoms with Gasteiger partial charge in [-0.05, 0) is 96.9 Å². The summed E-state index contributed by atoms with van der Waals surface area (Å²) in [5.74, 6) is 0.167. The van der Waals surface area contributed by atoms with Crippen LogP contribution in [0.4, 0.5) is 0 Å². The van der Waals surface area contributed by atoms with E-state index in [2.05, 4.69) is 83.1 Å². The van der Waals surface area contributed by atoms with E-state index >= 15 is 0 Å². The number of rotatable bonds is 0. The number of hydrogen-bond donors (Lipinski definition) is 0. The quantitative estimate of drug-likeness (QED) is 0.566. The van der Waals surface area contributed by atoms with E-state index in [9.17, 15) is 4.79 Å². The molecule has 136 valence electrons. The standard InChI is InChI=1S/2C8H18O.C3H6O/c2*1-7(2,3)9-8(4,5)6;1-3(2)4/h2*1-6H3;1-2H3. The van der Waals surface area contributed by atoms with Crippen LogP contribution in [0.5, 0.6) is 0 Å². The lowest BCUT2D eigenvalue weighted by atomic mass is 10.1. The molecule has 0 amide bonds. The van der Waals surface area contributed by atoms with Crippen molar-refractivity contribution in [2.24, 2.45) is 0 Å². The highest BCUT2D eigenvalue weighted by atomic mass is 16.5. The summed E-state index contributed by atoms with van der Waals surface area (Å²) >= 11 is 0. The third-order valence-corrected chi connectivity index (χ3v) is 1.22. The molecular weight excluding hydrogens is 276 g/mol. The summed E-state index contributed by atoms with van der Waals surface area (Å²) in [6.07, 6.45) is 0. The molecule has 0 radical (unpaired) electrons. The topological polar surface area (TPSA) is 35.5 Å². The van der Waals surface area contributed by atoms with Crippen LogP contribution < -0.4 is 0 Å². The van der Waals surface area contributed by atoms with Crippen LogP contribution in [0.2, 0.25) is 0 Å². The smallest absolute Gasteiger partial charge is 0.126 e. The lowest BCUT2D eigenvalue weighted by molar-refractivity contribution is -0.115. The second-order valence-corrected chi connectivity index (χ2v) is 9.56. The number of hydrogen-bond acceptors (Lipinski definition) is 3. The SMILES string of the molecule is CC(C)(C)OC(C)(C)C.CC(C)(C)OC(C)(C)C.CC(C)=O. The summed E-state index contributed by atoms with van der Waals surface area (Å²) in [5, 5.41) is 0. The van der Waals surface area contributed by atoms with E-state index in [1.165, 1.54) is 13.8 Å². The molecule has 3 heteroatoms. The van der Waals surface area contributed by atoms with Gasteiger partial charge >= 0.3 is 0 Å². The molecule has 22 heavy (non-hydrogen) atoms. The second-order valence-electron chi connectivity index (χ2n) is 9.56. The molecule has 0 aromatic carbocycles. The van der Waals surface area contributed by atoms with E-state index in [4.69, 9.17) is 9.47 Å². The minimum atomic E-state index is -0.0156. The first-order valence-corrected chi connectivity index (χ1v) is 8.02. The fourth-order valence-electron chi connectivity index (χ4n) is 1.84. The maximum atomic E-state index is 9.44. The molecule has 0 N–H and O–H groups in total. The Morgan fingerprint density at radius 2 is 0.591 bits per heavy atom. The van der Waals surface area contributed by atoms with Gasteiger partial charge in [0, 0.05) is 0 Å². The fraction of sp³-hybridized carbons (Fsp3) is 0.947. The minimum Gasteiger partial charge on any atom is -0.370 e. The zero-order valence-corrected chi connectivity index (χ0v) is 17.7.